The molecule has 3 aromatic rings. The number of hydrogen-bond donors (Lipinski definition) is 1. The zero-order valence-electron chi connectivity index (χ0n) is 19.7. The Balaban J connectivity index is 1.91. The number of esters is 1. The summed E-state index contributed by atoms with van der Waals surface area (Å²) in [5, 5.41) is 9.79. The number of allylic oxidation sites excluding steroid dienone is 1. The maximum Gasteiger partial charge on any atom is 0.338 e. The zero-order valence-corrected chi connectivity index (χ0v) is 22.1. The minimum atomic E-state index is -0.693. The van der Waals surface area contributed by atoms with Crippen LogP contribution in [-0.4, -0.2) is 28.4 Å². The van der Waals surface area contributed by atoms with Crippen LogP contribution in [0, 0.1) is 0 Å². The van der Waals surface area contributed by atoms with Crippen LogP contribution in [0.25, 0.3) is 6.08 Å². The molecule has 1 aliphatic heterocycles. The van der Waals surface area contributed by atoms with Crippen molar-refractivity contribution in [3.8, 4) is 11.5 Å². The molecule has 9 heteroatoms. The van der Waals surface area contributed by atoms with Gasteiger partial charge in [-0.15, -0.1) is 0 Å². The van der Waals surface area contributed by atoms with Crippen LogP contribution >= 0.6 is 27.3 Å². The van der Waals surface area contributed by atoms with Gasteiger partial charge in [-0.2, -0.15) is 0 Å². The molecule has 0 amide bonds. The number of aromatic nitrogens is 1. The maximum absolute atomic E-state index is 13.6. The number of phenolic OH excluding ortho intramolecular Hbond substituents is 1. The van der Waals surface area contributed by atoms with Gasteiger partial charge in [0.05, 0.1) is 39.0 Å². The molecule has 1 atom stereocenters. The number of carbonyl (C=O) groups is 1. The van der Waals surface area contributed by atoms with Crippen molar-refractivity contribution < 1.29 is 19.4 Å². The first-order valence-electron chi connectivity index (χ1n) is 11.1. The Bertz CT molecular complexity index is 1490. The van der Waals surface area contributed by atoms with Crippen molar-refractivity contribution in [3.05, 3.63) is 89.0 Å². The Morgan fingerprint density at radius 3 is 2.60 bits per heavy atom. The topological polar surface area (TPSA) is 90.1 Å². The van der Waals surface area contributed by atoms with Gasteiger partial charge in [0.25, 0.3) is 5.56 Å². The molecule has 0 aliphatic carbocycles. The van der Waals surface area contributed by atoms with Crippen molar-refractivity contribution in [3.63, 3.8) is 0 Å². The first kappa shape index (κ1) is 24.9. The van der Waals surface area contributed by atoms with Crippen molar-refractivity contribution in [2.45, 2.75) is 39.8 Å². The average molecular weight is 557 g/mol. The quantitative estimate of drug-likeness (QED) is 0.462. The van der Waals surface area contributed by atoms with Crippen LogP contribution < -0.4 is 19.6 Å². The molecule has 1 aromatic heterocycles. The van der Waals surface area contributed by atoms with Crippen LogP contribution in [0.15, 0.2) is 68.0 Å². The Hall–Kier alpha value is -3.17. The fourth-order valence-electron chi connectivity index (χ4n) is 3.85. The van der Waals surface area contributed by atoms with Gasteiger partial charge >= 0.3 is 5.97 Å². The number of thiazole rings is 1. The van der Waals surface area contributed by atoms with Gasteiger partial charge in [-0.05, 0) is 85.1 Å². The van der Waals surface area contributed by atoms with Crippen molar-refractivity contribution in [2.24, 2.45) is 4.99 Å². The van der Waals surface area contributed by atoms with Gasteiger partial charge in [0.2, 0.25) is 0 Å². The third kappa shape index (κ3) is 5.11. The number of hydrogen-bond acceptors (Lipinski definition) is 7. The largest absolute Gasteiger partial charge is 0.507 e. The fourth-order valence-corrected chi connectivity index (χ4v) is 5.30. The van der Waals surface area contributed by atoms with E-state index in [9.17, 15) is 14.7 Å². The standard InChI is InChI=1S/C26H25BrN2O5S/c1-5-33-18-9-7-17(8-10-18)23-22(25(32)34-14(2)3)15(4)28-26-29(23)24(31)21(35-26)13-16-6-11-20(30)19(27)12-16/h6-14,23,30H,5H2,1-4H3/b21-13+/t23-/m1/s1. The Kier molecular flexibility index (Phi) is 7.28. The van der Waals surface area contributed by atoms with Crippen LogP contribution in [-0.2, 0) is 9.53 Å². The lowest BCUT2D eigenvalue weighted by Gasteiger charge is -2.25. The monoisotopic (exact) mass is 556 g/mol. The molecule has 2 heterocycles. The molecule has 182 valence electrons. The van der Waals surface area contributed by atoms with E-state index < -0.39 is 12.0 Å². The van der Waals surface area contributed by atoms with E-state index in [1.807, 2.05) is 31.2 Å². The van der Waals surface area contributed by atoms with Crippen LogP contribution in [0.5, 0.6) is 11.5 Å². The third-order valence-electron chi connectivity index (χ3n) is 5.36. The maximum atomic E-state index is 13.6. The van der Waals surface area contributed by atoms with Gasteiger partial charge < -0.3 is 14.6 Å². The number of nitrogens with zero attached hydrogens (tertiary/aromatic N) is 2. The summed E-state index contributed by atoms with van der Waals surface area (Å²) >= 11 is 4.55. The smallest absolute Gasteiger partial charge is 0.338 e. The lowest BCUT2D eigenvalue weighted by molar-refractivity contribution is -0.143. The van der Waals surface area contributed by atoms with Gasteiger partial charge in [0.1, 0.15) is 11.5 Å². The van der Waals surface area contributed by atoms with Gasteiger partial charge in [-0.3, -0.25) is 9.36 Å². The second-order valence-electron chi connectivity index (χ2n) is 8.25. The Morgan fingerprint density at radius 1 is 1.26 bits per heavy atom. The molecular formula is C26H25BrN2O5S. The molecule has 0 saturated heterocycles. The molecule has 1 N–H and O–H groups in total. The molecule has 0 radical (unpaired) electrons. The third-order valence-corrected chi connectivity index (χ3v) is 6.98. The summed E-state index contributed by atoms with van der Waals surface area (Å²) in [6.45, 7) is 7.76. The molecule has 1 aliphatic rings. The highest BCUT2D eigenvalue weighted by atomic mass is 79.9. The van der Waals surface area contributed by atoms with Gasteiger partial charge in [0, 0.05) is 0 Å². The number of carbonyl (C=O) groups excluding carboxylic acids is 1. The highest BCUT2D eigenvalue weighted by molar-refractivity contribution is 9.10. The van der Waals surface area contributed by atoms with Gasteiger partial charge in [-0.1, -0.05) is 29.5 Å². The summed E-state index contributed by atoms with van der Waals surface area (Å²) in [7, 11) is 0. The summed E-state index contributed by atoms with van der Waals surface area (Å²) in [5.41, 5.74) is 2.06. The number of aromatic hydroxyl groups is 1. The van der Waals surface area contributed by atoms with Gasteiger partial charge in [0.15, 0.2) is 4.80 Å². The summed E-state index contributed by atoms with van der Waals surface area (Å²) in [6.07, 6.45) is 1.43. The summed E-state index contributed by atoms with van der Waals surface area (Å²) in [4.78, 5) is 31.9. The van der Waals surface area contributed by atoms with E-state index in [1.165, 1.54) is 11.3 Å². The molecule has 35 heavy (non-hydrogen) atoms. The minimum Gasteiger partial charge on any atom is -0.507 e. The number of ether oxygens (including phenoxy) is 2. The molecular weight excluding hydrogens is 532 g/mol. The number of phenols is 1. The zero-order chi connectivity index (χ0) is 25.3. The van der Waals surface area contributed by atoms with Crippen LogP contribution in [0.4, 0.5) is 0 Å². The van der Waals surface area contributed by atoms with E-state index in [2.05, 4.69) is 20.9 Å². The molecule has 4 rings (SSSR count). The Morgan fingerprint density at radius 2 is 1.97 bits per heavy atom. The van der Waals surface area contributed by atoms with E-state index >= 15 is 0 Å². The number of fused-ring (bicyclic) bond motifs is 1. The first-order valence-corrected chi connectivity index (χ1v) is 12.7. The van der Waals surface area contributed by atoms with Crippen molar-refractivity contribution in [1.29, 1.82) is 0 Å². The second-order valence-corrected chi connectivity index (χ2v) is 10.1. The lowest BCUT2D eigenvalue weighted by atomic mass is 9.96. The predicted molar refractivity (Wildman–Crippen MR) is 138 cm³/mol. The van der Waals surface area contributed by atoms with Crippen molar-refractivity contribution in [1.82, 2.24) is 4.57 Å². The predicted octanol–water partition coefficient (Wildman–Crippen LogP) is 4.05. The molecule has 0 spiro atoms. The fraction of sp³-hybridized carbons (Fsp3) is 0.269. The number of rotatable bonds is 6. The van der Waals surface area contributed by atoms with E-state index in [0.29, 0.717) is 37.4 Å². The van der Waals surface area contributed by atoms with E-state index in [-0.39, 0.29) is 17.4 Å². The van der Waals surface area contributed by atoms with Crippen molar-refractivity contribution in [2.75, 3.05) is 6.61 Å². The van der Waals surface area contributed by atoms with E-state index in [4.69, 9.17) is 9.47 Å². The molecule has 2 aromatic carbocycles. The minimum absolute atomic E-state index is 0.114. The molecule has 7 nitrogen and oxygen atoms in total. The summed E-state index contributed by atoms with van der Waals surface area (Å²) in [5.74, 6) is 0.313. The molecule has 0 unspecified atom stereocenters. The highest BCUT2D eigenvalue weighted by Gasteiger charge is 2.33. The van der Waals surface area contributed by atoms with Crippen LogP contribution in [0.3, 0.4) is 0 Å². The normalized spacial score (nSPS) is 15.7. The molecule has 0 bridgehead atoms. The van der Waals surface area contributed by atoms with E-state index in [1.54, 1.807) is 49.6 Å². The average Bonchev–Trinajstić information content (AvgIpc) is 3.10. The summed E-state index contributed by atoms with van der Waals surface area (Å²) < 4.78 is 13.6. The second kappa shape index (κ2) is 10.2. The van der Waals surface area contributed by atoms with E-state index in [0.717, 1.165) is 11.1 Å². The highest BCUT2D eigenvalue weighted by Crippen LogP contribution is 2.32. The molecule has 0 fully saturated rings. The van der Waals surface area contributed by atoms with Crippen LogP contribution in [0.2, 0.25) is 0 Å². The summed E-state index contributed by atoms with van der Waals surface area (Å²) in [6, 6.07) is 11.7. The Labute approximate surface area is 214 Å². The molecule has 0 saturated carbocycles. The van der Waals surface area contributed by atoms with Crippen molar-refractivity contribution >= 4 is 39.3 Å². The lowest BCUT2D eigenvalue weighted by Crippen LogP contribution is -2.40. The SMILES string of the molecule is CCOc1ccc([C@@H]2C(C(=O)OC(C)C)=C(C)N=c3s/c(=C/c4ccc(O)c(Br)c4)c(=O)n32)cc1. The number of benzene rings is 2. The van der Waals surface area contributed by atoms with Gasteiger partial charge in [-0.25, -0.2) is 9.79 Å². The number of halogens is 1. The first-order chi connectivity index (χ1) is 16.7. The van der Waals surface area contributed by atoms with Crippen LogP contribution in [0.1, 0.15) is 44.9 Å².